The van der Waals surface area contributed by atoms with E-state index >= 15 is 0 Å². The molecule has 4 nitrogen and oxygen atoms in total. The monoisotopic (exact) mass is 199 g/mol. The molecule has 0 aromatic rings. The fourth-order valence-corrected chi connectivity index (χ4v) is 2.00. The van der Waals surface area contributed by atoms with Gasteiger partial charge < -0.3 is 10.5 Å². The van der Waals surface area contributed by atoms with E-state index in [0.29, 0.717) is 0 Å². The Morgan fingerprint density at radius 3 is 2.29 bits per heavy atom. The van der Waals surface area contributed by atoms with Gasteiger partial charge in [0, 0.05) is 12.8 Å². The normalized spacial score (nSPS) is 20.1. The summed E-state index contributed by atoms with van der Waals surface area (Å²) in [6.07, 6.45) is 4.53. The molecule has 1 rings (SSSR count). The molecule has 1 unspecified atom stereocenters. The van der Waals surface area contributed by atoms with Crippen molar-refractivity contribution in [3.8, 4) is 0 Å². The Labute approximate surface area is 83.8 Å². The molecule has 0 bridgehead atoms. The molecule has 0 aliphatic heterocycles. The Balaban J connectivity index is 2.56. The summed E-state index contributed by atoms with van der Waals surface area (Å²) in [6, 6.07) is 0. The lowest BCUT2D eigenvalue weighted by molar-refractivity contribution is -0.156. The maximum atomic E-state index is 11.1. The quantitative estimate of drug-likeness (QED) is 0.689. The number of esters is 1. The van der Waals surface area contributed by atoms with Gasteiger partial charge in [0.15, 0.2) is 6.10 Å². The standard InChI is InChI=1S/C10H17NO3/c1-7(12)14-9(10(11)13)8-5-3-2-4-6-8/h8-9H,2-6H2,1H3,(H2,11,13). The molecule has 0 aromatic heterocycles. The van der Waals surface area contributed by atoms with Crippen molar-refractivity contribution >= 4 is 11.9 Å². The molecule has 1 saturated carbocycles. The highest BCUT2D eigenvalue weighted by atomic mass is 16.5. The third-order valence-corrected chi connectivity index (χ3v) is 2.65. The first-order valence-electron chi connectivity index (χ1n) is 5.08. The Bertz CT molecular complexity index is 221. The zero-order valence-electron chi connectivity index (χ0n) is 8.49. The number of nitrogens with two attached hydrogens (primary N) is 1. The van der Waals surface area contributed by atoms with Crippen molar-refractivity contribution in [2.24, 2.45) is 11.7 Å². The van der Waals surface area contributed by atoms with E-state index in [9.17, 15) is 9.59 Å². The van der Waals surface area contributed by atoms with Gasteiger partial charge >= 0.3 is 5.97 Å². The average molecular weight is 199 g/mol. The first-order valence-corrected chi connectivity index (χ1v) is 5.08. The molecular weight excluding hydrogens is 182 g/mol. The number of carbonyl (C=O) groups excluding carboxylic acids is 2. The first kappa shape index (κ1) is 11.0. The molecule has 2 N–H and O–H groups in total. The van der Waals surface area contributed by atoms with Crippen LogP contribution >= 0.6 is 0 Å². The summed E-state index contributed by atoms with van der Waals surface area (Å²) in [7, 11) is 0. The number of hydrogen-bond donors (Lipinski definition) is 1. The van der Waals surface area contributed by atoms with Crippen molar-refractivity contribution in [2.75, 3.05) is 0 Å². The van der Waals surface area contributed by atoms with E-state index in [1.54, 1.807) is 0 Å². The van der Waals surface area contributed by atoms with Crippen molar-refractivity contribution in [1.82, 2.24) is 0 Å². The second-order valence-electron chi connectivity index (χ2n) is 3.83. The van der Waals surface area contributed by atoms with E-state index in [0.717, 1.165) is 25.7 Å². The maximum Gasteiger partial charge on any atom is 0.303 e. The van der Waals surface area contributed by atoms with Crippen LogP contribution in [-0.2, 0) is 14.3 Å². The predicted molar refractivity (Wildman–Crippen MR) is 51.3 cm³/mol. The zero-order valence-corrected chi connectivity index (χ0v) is 8.49. The summed E-state index contributed by atoms with van der Waals surface area (Å²) in [5, 5.41) is 0. The molecule has 1 aliphatic carbocycles. The van der Waals surface area contributed by atoms with Crippen molar-refractivity contribution in [3.05, 3.63) is 0 Å². The SMILES string of the molecule is CC(=O)OC(C(N)=O)C1CCCCC1. The highest BCUT2D eigenvalue weighted by molar-refractivity contribution is 5.82. The van der Waals surface area contributed by atoms with Gasteiger partial charge in [-0.05, 0) is 12.8 Å². The fourth-order valence-electron chi connectivity index (χ4n) is 2.00. The van der Waals surface area contributed by atoms with Crippen LogP contribution < -0.4 is 5.73 Å². The molecule has 80 valence electrons. The van der Waals surface area contributed by atoms with Crippen LogP contribution in [0.3, 0.4) is 0 Å². The molecule has 4 heteroatoms. The topological polar surface area (TPSA) is 69.4 Å². The number of rotatable bonds is 3. The lowest BCUT2D eigenvalue weighted by Gasteiger charge is -2.27. The summed E-state index contributed by atoms with van der Waals surface area (Å²) in [4.78, 5) is 21.9. The van der Waals surface area contributed by atoms with Crippen LogP contribution in [-0.4, -0.2) is 18.0 Å². The van der Waals surface area contributed by atoms with E-state index in [1.165, 1.54) is 13.3 Å². The van der Waals surface area contributed by atoms with Crippen LogP contribution in [0, 0.1) is 5.92 Å². The Morgan fingerprint density at radius 2 is 1.86 bits per heavy atom. The molecule has 0 aromatic carbocycles. The van der Waals surface area contributed by atoms with Gasteiger partial charge in [-0.2, -0.15) is 0 Å². The number of hydrogen-bond acceptors (Lipinski definition) is 3. The van der Waals surface area contributed by atoms with Crippen LogP contribution in [0.15, 0.2) is 0 Å². The van der Waals surface area contributed by atoms with Gasteiger partial charge in [0.2, 0.25) is 0 Å². The minimum absolute atomic E-state index is 0.130. The van der Waals surface area contributed by atoms with E-state index in [4.69, 9.17) is 10.5 Å². The van der Waals surface area contributed by atoms with Crippen LogP contribution in [0.5, 0.6) is 0 Å². The van der Waals surface area contributed by atoms with Gasteiger partial charge in [0.1, 0.15) is 0 Å². The summed E-state index contributed by atoms with van der Waals surface area (Å²) in [6.45, 7) is 1.30. The second-order valence-corrected chi connectivity index (χ2v) is 3.83. The number of ether oxygens (including phenoxy) is 1. The van der Waals surface area contributed by atoms with E-state index in [-0.39, 0.29) is 5.92 Å². The van der Waals surface area contributed by atoms with Crippen LogP contribution in [0.1, 0.15) is 39.0 Å². The molecule has 1 fully saturated rings. The molecule has 0 radical (unpaired) electrons. The van der Waals surface area contributed by atoms with Crippen molar-refractivity contribution in [1.29, 1.82) is 0 Å². The lowest BCUT2D eigenvalue weighted by Crippen LogP contribution is -2.39. The van der Waals surface area contributed by atoms with Crippen LogP contribution in [0.2, 0.25) is 0 Å². The maximum absolute atomic E-state index is 11.1. The molecule has 1 aliphatic rings. The Hall–Kier alpha value is -1.06. The van der Waals surface area contributed by atoms with E-state index < -0.39 is 18.0 Å². The molecule has 1 atom stereocenters. The second kappa shape index (κ2) is 4.98. The average Bonchev–Trinajstić information content (AvgIpc) is 2.15. The largest absolute Gasteiger partial charge is 0.452 e. The van der Waals surface area contributed by atoms with Crippen molar-refractivity contribution < 1.29 is 14.3 Å². The summed E-state index contributed by atoms with van der Waals surface area (Å²) in [5.41, 5.74) is 5.20. The highest BCUT2D eigenvalue weighted by Gasteiger charge is 2.30. The number of amides is 1. The van der Waals surface area contributed by atoms with Crippen LogP contribution in [0.25, 0.3) is 0 Å². The van der Waals surface area contributed by atoms with Crippen molar-refractivity contribution in [2.45, 2.75) is 45.1 Å². The fraction of sp³-hybridized carbons (Fsp3) is 0.800. The van der Waals surface area contributed by atoms with Gasteiger partial charge in [0.25, 0.3) is 5.91 Å². The molecule has 0 heterocycles. The van der Waals surface area contributed by atoms with E-state index in [2.05, 4.69) is 0 Å². The highest BCUT2D eigenvalue weighted by Crippen LogP contribution is 2.27. The molecular formula is C10H17NO3. The number of primary amides is 1. The molecule has 1 amide bonds. The smallest absolute Gasteiger partial charge is 0.303 e. The Kier molecular flexibility index (Phi) is 3.92. The zero-order chi connectivity index (χ0) is 10.6. The van der Waals surface area contributed by atoms with Gasteiger partial charge in [-0.15, -0.1) is 0 Å². The third kappa shape index (κ3) is 3.01. The van der Waals surface area contributed by atoms with Crippen molar-refractivity contribution in [3.63, 3.8) is 0 Å². The minimum Gasteiger partial charge on any atom is -0.452 e. The summed E-state index contributed by atoms with van der Waals surface area (Å²) < 4.78 is 4.94. The van der Waals surface area contributed by atoms with Gasteiger partial charge in [-0.3, -0.25) is 9.59 Å². The van der Waals surface area contributed by atoms with Gasteiger partial charge in [0.05, 0.1) is 0 Å². The van der Waals surface area contributed by atoms with E-state index in [1.807, 2.05) is 0 Å². The molecule has 0 saturated heterocycles. The first-order chi connectivity index (χ1) is 6.61. The number of carbonyl (C=O) groups is 2. The lowest BCUT2D eigenvalue weighted by atomic mass is 9.85. The molecule has 14 heavy (non-hydrogen) atoms. The summed E-state index contributed by atoms with van der Waals surface area (Å²) in [5.74, 6) is -0.823. The molecule has 0 spiro atoms. The van der Waals surface area contributed by atoms with Crippen LogP contribution in [0.4, 0.5) is 0 Å². The summed E-state index contributed by atoms with van der Waals surface area (Å²) >= 11 is 0. The third-order valence-electron chi connectivity index (χ3n) is 2.65. The minimum atomic E-state index is -0.715. The Morgan fingerprint density at radius 1 is 1.29 bits per heavy atom. The predicted octanol–water partition coefficient (Wildman–Crippen LogP) is 0.984. The van der Waals surface area contributed by atoms with Gasteiger partial charge in [-0.25, -0.2) is 0 Å². The van der Waals surface area contributed by atoms with Gasteiger partial charge in [-0.1, -0.05) is 19.3 Å².